The van der Waals surface area contributed by atoms with Gasteiger partial charge < -0.3 is 19.4 Å². The van der Waals surface area contributed by atoms with Gasteiger partial charge in [0.05, 0.1) is 18.4 Å². The summed E-state index contributed by atoms with van der Waals surface area (Å²) < 4.78 is 6.03. The molecule has 112 valence electrons. The third-order valence-corrected chi connectivity index (χ3v) is 2.86. The number of carbonyl (C=O) groups is 1. The standard InChI is InChI=1S/C13H15N3O5/c1-15(2)7-9-10(12(18)19)14-13(20)16(11(9)17)6-8-4-3-5-21-8/h3-5H,6-7H2,1-2H3,(H,14,20)(H,18,19). The van der Waals surface area contributed by atoms with Gasteiger partial charge in [-0.15, -0.1) is 0 Å². The summed E-state index contributed by atoms with van der Waals surface area (Å²) >= 11 is 0. The van der Waals surface area contributed by atoms with Crippen molar-refractivity contribution in [2.24, 2.45) is 0 Å². The zero-order chi connectivity index (χ0) is 15.6. The van der Waals surface area contributed by atoms with E-state index >= 15 is 0 Å². The van der Waals surface area contributed by atoms with Crippen LogP contribution in [-0.4, -0.2) is 39.6 Å². The second kappa shape index (κ2) is 5.80. The van der Waals surface area contributed by atoms with Gasteiger partial charge in [-0.2, -0.15) is 0 Å². The highest BCUT2D eigenvalue weighted by Gasteiger charge is 2.19. The molecule has 0 amide bonds. The third kappa shape index (κ3) is 3.11. The molecule has 8 heteroatoms. The van der Waals surface area contributed by atoms with Crippen LogP contribution in [0.15, 0.2) is 32.4 Å². The Balaban J connectivity index is 2.59. The highest BCUT2D eigenvalue weighted by atomic mass is 16.4. The number of hydrogen-bond donors (Lipinski definition) is 2. The zero-order valence-electron chi connectivity index (χ0n) is 11.6. The number of aromatic amines is 1. The summed E-state index contributed by atoms with van der Waals surface area (Å²) in [5.41, 5.74) is -1.77. The van der Waals surface area contributed by atoms with Gasteiger partial charge in [0, 0.05) is 6.54 Å². The maximum Gasteiger partial charge on any atom is 0.352 e. The number of hydrogen-bond acceptors (Lipinski definition) is 5. The third-order valence-electron chi connectivity index (χ3n) is 2.86. The van der Waals surface area contributed by atoms with Crippen molar-refractivity contribution in [3.8, 4) is 0 Å². The largest absolute Gasteiger partial charge is 0.477 e. The molecular weight excluding hydrogens is 278 g/mol. The highest BCUT2D eigenvalue weighted by Crippen LogP contribution is 2.04. The molecule has 2 N–H and O–H groups in total. The molecule has 0 saturated carbocycles. The average molecular weight is 293 g/mol. The first-order chi connectivity index (χ1) is 9.90. The number of carboxylic acid groups (broad SMARTS) is 1. The molecular formula is C13H15N3O5. The summed E-state index contributed by atoms with van der Waals surface area (Å²) in [4.78, 5) is 39.4. The smallest absolute Gasteiger partial charge is 0.352 e. The summed E-state index contributed by atoms with van der Waals surface area (Å²) in [5, 5.41) is 9.12. The van der Waals surface area contributed by atoms with Crippen molar-refractivity contribution < 1.29 is 14.3 Å². The Morgan fingerprint density at radius 1 is 1.43 bits per heavy atom. The molecule has 0 unspecified atom stereocenters. The minimum absolute atomic E-state index is 0.0265. The zero-order valence-corrected chi connectivity index (χ0v) is 11.6. The molecule has 8 nitrogen and oxygen atoms in total. The van der Waals surface area contributed by atoms with Crippen LogP contribution < -0.4 is 11.2 Å². The van der Waals surface area contributed by atoms with Crippen molar-refractivity contribution in [3.63, 3.8) is 0 Å². The summed E-state index contributed by atoms with van der Waals surface area (Å²) in [6.45, 7) is 0.0525. The molecule has 0 radical (unpaired) electrons. The van der Waals surface area contributed by atoms with Gasteiger partial charge in [-0.1, -0.05) is 0 Å². The minimum atomic E-state index is -1.34. The molecule has 0 aliphatic heterocycles. The van der Waals surface area contributed by atoms with Crippen LogP contribution in [0.4, 0.5) is 0 Å². The maximum absolute atomic E-state index is 12.4. The van der Waals surface area contributed by atoms with Crippen LogP contribution in [0.5, 0.6) is 0 Å². The number of H-pyrrole nitrogens is 1. The van der Waals surface area contributed by atoms with Gasteiger partial charge in [0.2, 0.25) is 0 Å². The Hall–Kier alpha value is -2.61. The van der Waals surface area contributed by atoms with E-state index in [1.165, 1.54) is 6.26 Å². The van der Waals surface area contributed by atoms with E-state index in [2.05, 4.69) is 4.98 Å². The minimum Gasteiger partial charge on any atom is -0.477 e. The highest BCUT2D eigenvalue weighted by molar-refractivity contribution is 5.86. The first kappa shape index (κ1) is 14.8. The van der Waals surface area contributed by atoms with Crippen LogP contribution in [0.2, 0.25) is 0 Å². The number of aromatic nitrogens is 2. The Labute approximate surface area is 119 Å². The monoisotopic (exact) mass is 293 g/mol. The Morgan fingerprint density at radius 3 is 2.67 bits per heavy atom. The average Bonchev–Trinajstić information content (AvgIpc) is 2.90. The summed E-state index contributed by atoms with van der Waals surface area (Å²) in [6.07, 6.45) is 1.43. The Bertz CT molecular complexity index is 755. The number of rotatable bonds is 5. The van der Waals surface area contributed by atoms with Crippen LogP contribution >= 0.6 is 0 Å². The van der Waals surface area contributed by atoms with Crippen LogP contribution in [0.25, 0.3) is 0 Å². The van der Waals surface area contributed by atoms with Gasteiger partial charge in [-0.25, -0.2) is 9.59 Å². The van der Waals surface area contributed by atoms with E-state index in [9.17, 15) is 14.4 Å². The molecule has 0 saturated heterocycles. The van der Waals surface area contributed by atoms with Gasteiger partial charge in [0.15, 0.2) is 0 Å². The van der Waals surface area contributed by atoms with Crippen LogP contribution in [0.3, 0.4) is 0 Å². The van der Waals surface area contributed by atoms with Gasteiger partial charge in [0.1, 0.15) is 11.5 Å². The van der Waals surface area contributed by atoms with E-state index in [1.54, 1.807) is 31.1 Å². The number of furan rings is 1. The van der Waals surface area contributed by atoms with E-state index in [-0.39, 0.29) is 24.3 Å². The van der Waals surface area contributed by atoms with Gasteiger partial charge in [0.25, 0.3) is 5.56 Å². The van der Waals surface area contributed by atoms with Crippen molar-refractivity contribution in [3.05, 3.63) is 56.3 Å². The van der Waals surface area contributed by atoms with Gasteiger partial charge in [-0.05, 0) is 26.2 Å². The molecule has 2 aromatic rings. The van der Waals surface area contributed by atoms with Crippen LogP contribution in [-0.2, 0) is 13.1 Å². The summed E-state index contributed by atoms with van der Waals surface area (Å²) in [7, 11) is 3.40. The number of carboxylic acids is 1. The first-order valence-corrected chi connectivity index (χ1v) is 6.16. The fourth-order valence-corrected chi connectivity index (χ4v) is 1.96. The van der Waals surface area contributed by atoms with E-state index in [0.29, 0.717) is 5.76 Å². The second-order valence-corrected chi connectivity index (χ2v) is 4.80. The first-order valence-electron chi connectivity index (χ1n) is 6.16. The van der Waals surface area contributed by atoms with Crippen molar-refractivity contribution in [2.75, 3.05) is 14.1 Å². The topological polar surface area (TPSA) is 109 Å². The molecule has 2 aromatic heterocycles. The quantitative estimate of drug-likeness (QED) is 0.799. The lowest BCUT2D eigenvalue weighted by atomic mass is 10.2. The fraction of sp³-hybridized carbons (Fsp3) is 0.308. The van der Waals surface area contributed by atoms with E-state index in [0.717, 1.165) is 4.57 Å². The van der Waals surface area contributed by atoms with E-state index < -0.39 is 17.2 Å². The van der Waals surface area contributed by atoms with Crippen molar-refractivity contribution in [1.82, 2.24) is 14.5 Å². The SMILES string of the molecule is CN(C)Cc1c(C(=O)O)[nH]c(=O)n(Cc2ccco2)c1=O. The molecule has 0 atom stereocenters. The molecule has 0 bridgehead atoms. The number of nitrogens with one attached hydrogen (secondary N) is 1. The Kier molecular flexibility index (Phi) is 4.08. The van der Waals surface area contributed by atoms with Crippen molar-refractivity contribution in [1.29, 1.82) is 0 Å². The normalized spacial score (nSPS) is 11.0. The predicted octanol–water partition coefficient (Wildman–Crippen LogP) is -0.0623. The molecule has 0 aromatic carbocycles. The van der Waals surface area contributed by atoms with E-state index in [1.807, 2.05) is 0 Å². The predicted molar refractivity (Wildman–Crippen MR) is 73.5 cm³/mol. The molecule has 2 heterocycles. The maximum atomic E-state index is 12.4. The molecule has 2 rings (SSSR count). The summed E-state index contributed by atoms with van der Waals surface area (Å²) in [5.74, 6) is -0.910. The van der Waals surface area contributed by atoms with Crippen LogP contribution in [0.1, 0.15) is 21.8 Å². The van der Waals surface area contributed by atoms with E-state index in [4.69, 9.17) is 9.52 Å². The Morgan fingerprint density at radius 2 is 2.14 bits per heavy atom. The van der Waals surface area contributed by atoms with Gasteiger partial charge in [-0.3, -0.25) is 9.36 Å². The molecule has 0 fully saturated rings. The number of aromatic carboxylic acids is 1. The van der Waals surface area contributed by atoms with Crippen LogP contribution in [0, 0.1) is 0 Å². The molecule has 0 aliphatic carbocycles. The number of nitrogens with zero attached hydrogens (tertiary/aromatic N) is 2. The lowest BCUT2D eigenvalue weighted by Crippen LogP contribution is -2.41. The second-order valence-electron chi connectivity index (χ2n) is 4.80. The lowest BCUT2D eigenvalue weighted by Gasteiger charge is -2.13. The van der Waals surface area contributed by atoms with Crippen molar-refractivity contribution >= 4 is 5.97 Å². The van der Waals surface area contributed by atoms with Gasteiger partial charge >= 0.3 is 11.7 Å². The lowest BCUT2D eigenvalue weighted by molar-refractivity contribution is 0.0687. The summed E-state index contributed by atoms with van der Waals surface area (Å²) in [6, 6.07) is 3.27. The molecule has 0 spiro atoms. The molecule has 21 heavy (non-hydrogen) atoms. The van der Waals surface area contributed by atoms with Crippen molar-refractivity contribution in [2.45, 2.75) is 13.1 Å². The molecule has 0 aliphatic rings. The fourth-order valence-electron chi connectivity index (χ4n) is 1.96.